The van der Waals surface area contributed by atoms with Gasteiger partial charge >= 0.3 is 11.9 Å². The van der Waals surface area contributed by atoms with Gasteiger partial charge in [0.2, 0.25) is 5.78 Å². The smallest absolute Gasteiger partial charge is 0.390 e. The van der Waals surface area contributed by atoms with Crippen LogP contribution in [0, 0.1) is 5.92 Å². The van der Waals surface area contributed by atoms with E-state index in [2.05, 4.69) is 24.3 Å². The number of ketones is 1. The number of hydrogen-bond donors (Lipinski definition) is 1. The highest BCUT2D eigenvalue weighted by atomic mass is 32.2. The maximum Gasteiger partial charge on any atom is 0.520 e. The first kappa shape index (κ1) is 20.9. The maximum atomic E-state index is 12.8. The topological polar surface area (TPSA) is 76.1 Å². The van der Waals surface area contributed by atoms with Gasteiger partial charge in [0.05, 0.1) is 6.04 Å². The van der Waals surface area contributed by atoms with Crippen LogP contribution in [0.5, 0.6) is 0 Å². The average molecular weight is 383 g/mol. The molecule has 1 N–H and O–H groups in total. The van der Waals surface area contributed by atoms with E-state index in [-0.39, 0.29) is 29.0 Å². The van der Waals surface area contributed by atoms with Crippen LogP contribution in [0.1, 0.15) is 89.7 Å². The Labute approximate surface area is 160 Å². The number of aromatic nitrogens is 2. The molecule has 1 saturated carbocycles. The summed E-state index contributed by atoms with van der Waals surface area (Å²) in [4.78, 5) is 25.3. The van der Waals surface area contributed by atoms with Crippen molar-refractivity contribution < 1.29 is 18.7 Å². The summed E-state index contributed by atoms with van der Waals surface area (Å²) in [7, 11) is 0. The zero-order valence-electron chi connectivity index (χ0n) is 16.4. The van der Waals surface area contributed by atoms with E-state index in [9.17, 15) is 9.59 Å². The molecular weight excluding hydrogens is 350 g/mol. The summed E-state index contributed by atoms with van der Waals surface area (Å²) < 4.78 is 6.80. The van der Waals surface area contributed by atoms with E-state index in [0.29, 0.717) is 17.6 Å². The van der Waals surface area contributed by atoms with Crippen molar-refractivity contribution in [3.05, 3.63) is 5.89 Å². The summed E-state index contributed by atoms with van der Waals surface area (Å²) in [5.74, 6) is 0.289. The first-order chi connectivity index (χ1) is 12.4. The predicted molar refractivity (Wildman–Crippen MR) is 102 cm³/mol. The number of rotatable bonds is 7. The molecule has 0 saturated heterocycles. The van der Waals surface area contributed by atoms with Crippen LogP contribution in [0.25, 0.3) is 0 Å². The molecule has 1 aliphatic carbocycles. The number of carbonyl (C=O) groups is 2. The molecule has 7 heteroatoms. The van der Waals surface area contributed by atoms with Crippen molar-refractivity contribution in [2.45, 2.75) is 95.6 Å². The van der Waals surface area contributed by atoms with Crippen molar-refractivity contribution in [2.24, 2.45) is 5.92 Å². The van der Waals surface area contributed by atoms with E-state index >= 15 is 0 Å². The molecule has 1 aromatic heterocycles. The second-order valence-electron chi connectivity index (χ2n) is 7.75. The lowest BCUT2D eigenvalue weighted by atomic mass is 10.1. The van der Waals surface area contributed by atoms with Crippen LogP contribution >= 0.6 is 11.8 Å². The first-order valence-corrected chi connectivity index (χ1v) is 10.7. The Morgan fingerprint density at radius 2 is 1.85 bits per heavy atom. The molecule has 1 amide bonds. The van der Waals surface area contributed by atoms with Crippen LogP contribution in [0.15, 0.2) is 9.64 Å². The van der Waals surface area contributed by atoms with Crippen LogP contribution in [0.3, 0.4) is 0 Å². The van der Waals surface area contributed by atoms with Crippen molar-refractivity contribution in [1.82, 2.24) is 10.4 Å². The molecule has 1 aliphatic rings. The molecule has 0 radical (unpaired) electrons. The summed E-state index contributed by atoms with van der Waals surface area (Å²) >= 11 is 1.41. The zero-order chi connectivity index (χ0) is 19.1. The molecule has 0 bridgehead atoms. The normalized spacial score (nSPS) is 16.1. The fourth-order valence-corrected chi connectivity index (χ4v) is 3.68. The van der Waals surface area contributed by atoms with Crippen molar-refractivity contribution in [3.63, 3.8) is 0 Å². The Hall–Kier alpha value is -1.37. The minimum absolute atomic E-state index is 0.0416. The third kappa shape index (κ3) is 6.41. The first-order valence-electron chi connectivity index (χ1n) is 9.80. The van der Waals surface area contributed by atoms with Gasteiger partial charge in [-0.1, -0.05) is 52.3 Å². The Morgan fingerprint density at radius 1 is 1.19 bits per heavy atom. The molecule has 6 nitrogen and oxygen atoms in total. The van der Waals surface area contributed by atoms with Gasteiger partial charge in [0, 0.05) is 11.7 Å². The van der Waals surface area contributed by atoms with Gasteiger partial charge in [-0.3, -0.25) is 4.79 Å². The quantitative estimate of drug-likeness (QED) is 0.328. The third-order valence-electron chi connectivity index (χ3n) is 4.46. The Bertz CT molecular complexity index is 605. The van der Waals surface area contributed by atoms with Crippen LogP contribution in [-0.2, 0) is 0 Å². The second kappa shape index (κ2) is 10.1. The number of hydrogen-bond acceptors (Lipinski definition) is 5. The minimum Gasteiger partial charge on any atom is -0.390 e. The van der Waals surface area contributed by atoms with Gasteiger partial charge in [-0.25, -0.2) is 5.32 Å². The van der Waals surface area contributed by atoms with Crippen LogP contribution in [0.4, 0.5) is 4.79 Å². The number of amides is 1. The summed E-state index contributed by atoms with van der Waals surface area (Å²) in [5.41, 5.74) is 0. The van der Waals surface area contributed by atoms with Crippen LogP contribution in [-0.4, -0.2) is 28.2 Å². The standard InChI is InChI=1S/C19H31N3O3S/c1-13(2)11-12-16(23)17-22(21-19(25-17)26-14(3)4)18(24)20-15-9-7-5-6-8-10-15/h13-15H,5-12H2,1-4H3/p+1. The van der Waals surface area contributed by atoms with E-state index in [1.165, 1.54) is 24.6 Å². The monoisotopic (exact) mass is 382 g/mol. The predicted octanol–water partition coefficient (Wildman–Crippen LogP) is 4.36. The van der Waals surface area contributed by atoms with E-state index in [1.54, 1.807) is 0 Å². The van der Waals surface area contributed by atoms with E-state index in [1.807, 2.05) is 13.8 Å². The SMILES string of the molecule is CC(C)CCC(=O)c1oc(SC(C)C)n[n+]1C(=O)NC1CCCCCC1. The van der Waals surface area contributed by atoms with Crippen LogP contribution < -0.4 is 10.00 Å². The van der Waals surface area contributed by atoms with Gasteiger partial charge in [0.25, 0.3) is 5.22 Å². The summed E-state index contributed by atoms with van der Waals surface area (Å²) in [6, 6.07) is -0.210. The molecule has 2 rings (SSSR count). The Morgan fingerprint density at radius 3 is 2.42 bits per heavy atom. The molecule has 0 atom stereocenters. The van der Waals surface area contributed by atoms with Crippen molar-refractivity contribution in [3.8, 4) is 0 Å². The van der Waals surface area contributed by atoms with Crippen molar-refractivity contribution in [1.29, 1.82) is 0 Å². The lowest BCUT2D eigenvalue weighted by Crippen LogP contribution is -2.57. The van der Waals surface area contributed by atoms with Crippen LogP contribution in [0.2, 0.25) is 0 Å². The number of nitrogens with zero attached hydrogens (tertiary/aromatic N) is 2. The molecule has 0 aliphatic heterocycles. The van der Waals surface area contributed by atoms with Gasteiger partial charge in [-0.15, -0.1) is 0 Å². The Kier molecular flexibility index (Phi) is 8.13. The largest absolute Gasteiger partial charge is 0.520 e. The van der Waals surface area contributed by atoms with Crippen molar-refractivity contribution in [2.75, 3.05) is 0 Å². The summed E-state index contributed by atoms with van der Waals surface area (Å²) in [6.07, 6.45) is 7.77. The van der Waals surface area contributed by atoms with Gasteiger partial charge in [0.15, 0.2) is 0 Å². The number of carbonyl (C=O) groups excluding carboxylic acids is 2. The molecule has 146 valence electrons. The average Bonchev–Trinajstić information content (AvgIpc) is 2.81. The van der Waals surface area contributed by atoms with Gasteiger partial charge in [-0.2, -0.15) is 4.79 Å². The maximum absolute atomic E-state index is 12.8. The fraction of sp³-hybridized carbons (Fsp3) is 0.789. The van der Waals surface area contributed by atoms with Gasteiger partial charge in [0.1, 0.15) is 0 Å². The van der Waals surface area contributed by atoms with Gasteiger partial charge in [-0.05, 0) is 47.8 Å². The highest BCUT2D eigenvalue weighted by molar-refractivity contribution is 7.99. The van der Waals surface area contributed by atoms with E-state index in [4.69, 9.17) is 4.42 Å². The molecule has 0 unspecified atom stereocenters. The lowest BCUT2D eigenvalue weighted by Gasteiger charge is -2.09. The third-order valence-corrected chi connectivity index (χ3v) is 5.29. The minimum atomic E-state index is -0.357. The Balaban J connectivity index is 2.15. The number of nitrogens with one attached hydrogen (secondary N) is 1. The van der Waals surface area contributed by atoms with E-state index in [0.717, 1.165) is 36.8 Å². The van der Waals surface area contributed by atoms with Crippen molar-refractivity contribution >= 4 is 23.6 Å². The molecule has 26 heavy (non-hydrogen) atoms. The highest BCUT2D eigenvalue weighted by Crippen LogP contribution is 2.22. The fourth-order valence-electron chi connectivity index (χ4n) is 3.02. The second-order valence-corrected chi connectivity index (χ2v) is 9.27. The number of Topliss-reactive ketones (excluding diaryl/α,β-unsaturated/α-hetero) is 1. The highest BCUT2D eigenvalue weighted by Gasteiger charge is 2.33. The molecule has 1 aromatic rings. The summed E-state index contributed by atoms with van der Waals surface area (Å²) in [6.45, 7) is 8.18. The van der Waals surface area contributed by atoms with Gasteiger partial charge < -0.3 is 4.42 Å². The molecule has 0 aromatic carbocycles. The molecule has 1 fully saturated rings. The summed E-state index contributed by atoms with van der Waals surface area (Å²) in [5, 5.41) is 7.93. The number of thioether (sulfide) groups is 1. The zero-order valence-corrected chi connectivity index (χ0v) is 17.2. The molecule has 0 spiro atoms. The van der Waals surface area contributed by atoms with E-state index < -0.39 is 0 Å². The lowest BCUT2D eigenvalue weighted by molar-refractivity contribution is -0.640. The molecular formula is C19H32N3O3S+. The molecule has 1 heterocycles.